The molecule has 0 spiro atoms. The highest BCUT2D eigenvalue weighted by Gasteiger charge is 2.39. The third-order valence-corrected chi connectivity index (χ3v) is 5.88. The van der Waals surface area contributed by atoms with Crippen LogP contribution in [0, 0.1) is 5.41 Å². The highest BCUT2D eigenvalue weighted by Crippen LogP contribution is 2.28. The van der Waals surface area contributed by atoms with Crippen LogP contribution in [-0.2, 0) is 33.7 Å². The standard InChI is InChI=1S/C15H19N3O5S/c1-15(6-7-23-9-15)13(19)16-24(21,22)10-4-5-11-12(8-10)18(3)14(20)17(11)2/h4-5,8H,6-7,9H2,1-3H3,(H,16,19). The van der Waals surface area contributed by atoms with Gasteiger partial charge in [-0.25, -0.2) is 17.9 Å². The Kier molecular flexibility index (Phi) is 3.80. The Balaban J connectivity index is 1.98. The quantitative estimate of drug-likeness (QED) is 0.844. The van der Waals surface area contributed by atoms with E-state index in [0.717, 1.165) is 0 Å². The van der Waals surface area contributed by atoms with Crippen molar-refractivity contribution in [3.05, 3.63) is 28.7 Å². The zero-order chi connectivity index (χ0) is 17.7. The van der Waals surface area contributed by atoms with Crippen molar-refractivity contribution in [2.45, 2.75) is 18.2 Å². The van der Waals surface area contributed by atoms with E-state index in [0.29, 0.717) is 24.1 Å². The highest BCUT2D eigenvalue weighted by atomic mass is 32.2. The number of aryl methyl sites for hydroxylation is 2. The number of amides is 1. The Morgan fingerprint density at radius 3 is 2.54 bits per heavy atom. The van der Waals surface area contributed by atoms with Crippen LogP contribution in [0.25, 0.3) is 11.0 Å². The van der Waals surface area contributed by atoms with E-state index >= 15 is 0 Å². The molecule has 3 rings (SSSR count). The van der Waals surface area contributed by atoms with Gasteiger partial charge in [-0.2, -0.15) is 0 Å². The molecule has 0 radical (unpaired) electrons. The summed E-state index contributed by atoms with van der Waals surface area (Å²) in [5, 5.41) is 0. The molecule has 2 aromatic rings. The van der Waals surface area contributed by atoms with Crippen molar-refractivity contribution < 1.29 is 17.9 Å². The molecule has 8 nitrogen and oxygen atoms in total. The van der Waals surface area contributed by atoms with Gasteiger partial charge in [0.05, 0.1) is 28.0 Å². The Morgan fingerprint density at radius 1 is 1.25 bits per heavy atom. The van der Waals surface area contributed by atoms with Crippen molar-refractivity contribution in [3.63, 3.8) is 0 Å². The van der Waals surface area contributed by atoms with Crippen molar-refractivity contribution in [2.24, 2.45) is 19.5 Å². The van der Waals surface area contributed by atoms with E-state index in [-0.39, 0.29) is 17.2 Å². The molecular weight excluding hydrogens is 334 g/mol. The van der Waals surface area contributed by atoms with E-state index < -0.39 is 21.3 Å². The van der Waals surface area contributed by atoms with E-state index in [4.69, 9.17) is 4.74 Å². The summed E-state index contributed by atoms with van der Waals surface area (Å²) < 4.78 is 35.2. The van der Waals surface area contributed by atoms with Gasteiger partial charge < -0.3 is 4.74 Å². The summed E-state index contributed by atoms with van der Waals surface area (Å²) in [7, 11) is -0.848. The molecule has 1 aromatic carbocycles. The molecule has 1 atom stereocenters. The molecule has 1 N–H and O–H groups in total. The third kappa shape index (κ3) is 2.53. The van der Waals surface area contributed by atoms with Crippen LogP contribution in [0.15, 0.2) is 27.9 Å². The molecule has 0 aliphatic carbocycles. The number of hydrogen-bond acceptors (Lipinski definition) is 5. The van der Waals surface area contributed by atoms with Crippen LogP contribution in [0.1, 0.15) is 13.3 Å². The topological polar surface area (TPSA) is 99.4 Å². The first-order valence-corrected chi connectivity index (χ1v) is 8.94. The number of sulfonamides is 1. The first-order valence-electron chi connectivity index (χ1n) is 7.46. The highest BCUT2D eigenvalue weighted by molar-refractivity contribution is 7.90. The Bertz CT molecular complexity index is 980. The first-order chi connectivity index (χ1) is 11.2. The number of benzene rings is 1. The van der Waals surface area contributed by atoms with Gasteiger partial charge in [-0.05, 0) is 31.5 Å². The lowest BCUT2D eigenvalue weighted by Crippen LogP contribution is -2.42. The summed E-state index contributed by atoms with van der Waals surface area (Å²) in [6, 6.07) is 4.32. The van der Waals surface area contributed by atoms with Gasteiger partial charge in [0, 0.05) is 20.7 Å². The van der Waals surface area contributed by atoms with Gasteiger partial charge in [-0.1, -0.05) is 0 Å². The molecule has 1 amide bonds. The average molecular weight is 353 g/mol. The van der Waals surface area contributed by atoms with Crippen molar-refractivity contribution in [1.82, 2.24) is 13.9 Å². The van der Waals surface area contributed by atoms with E-state index in [1.165, 1.54) is 21.3 Å². The molecule has 0 saturated carbocycles. The fourth-order valence-corrected chi connectivity index (χ4v) is 3.93. The number of carbonyl (C=O) groups is 1. The number of fused-ring (bicyclic) bond motifs is 1. The van der Waals surface area contributed by atoms with Crippen LogP contribution >= 0.6 is 0 Å². The summed E-state index contributed by atoms with van der Waals surface area (Å²) in [6.07, 6.45) is 0.473. The van der Waals surface area contributed by atoms with E-state index in [1.807, 2.05) is 0 Å². The maximum atomic E-state index is 12.5. The molecule has 1 saturated heterocycles. The van der Waals surface area contributed by atoms with Crippen molar-refractivity contribution in [2.75, 3.05) is 13.2 Å². The van der Waals surface area contributed by atoms with E-state index in [9.17, 15) is 18.0 Å². The van der Waals surface area contributed by atoms with E-state index in [1.54, 1.807) is 27.1 Å². The van der Waals surface area contributed by atoms with Crippen LogP contribution in [0.5, 0.6) is 0 Å². The number of carbonyl (C=O) groups excluding carboxylic acids is 1. The number of hydrogen-bond donors (Lipinski definition) is 1. The maximum absolute atomic E-state index is 12.5. The minimum atomic E-state index is -4.03. The SMILES string of the molecule is Cn1c(=O)n(C)c2cc(S(=O)(=O)NC(=O)C3(C)CCOC3)ccc21. The minimum Gasteiger partial charge on any atom is -0.380 e. The Hall–Kier alpha value is -2.13. The normalized spacial score (nSPS) is 21.3. The number of rotatable bonds is 3. The number of aromatic nitrogens is 2. The summed E-state index contributed by atoms with van der Waals surface area (Å²) in [6.45, 7) is 2.30. The molecule has 0 bridgehead atoms. The van der Waals surface area contributed by atoms with E-state index in [2.05, 4.69) is 4.72 Å². The zero-order valence-electron chi connectivity index (χ0n) is 13.7. The smallest absolute Gasteiger partial charge is 0.328 e. The second-order valence-corrected chi connectivity index (χ2v) is 8.03. The van der Waals surface area contributed by atoms with Gasteiger partial charge in [0.2, 0.25) is 5.91 Å². The number of ether oxygens (including phenoxy) is 1. The molecule has 1 fully saturated rings. The molecule has 1 aliphatic heterocycles. The molecule has 2 heterocycles. The average Bonchev–Trinajstić information content (AvgIpc) is 3.07. The first kappa shape index (κ1) is 16.7. The molecule has 1 aromatic heterocycles. The van der Waals surface area contributed by atoms with Gasteiger partial charge in [-0.3, -0.25) is 13.9 Å². The molecule has 24 heavy (non-hydrogen) atoms. The summed E-state index contributed by atoms with van der Waals surface area (Å²) in [4.78, 5) is 24.2. The van der Waals surface area contributed by atoms with Crippen LogP contribution in [0.3, 0.4) is 0 Å². The number of nitrogens with one attached hydrogen (secondary N) is 1. The Labute approximate surface area is 139 Å². The fourth-order valence-electron chi connectivity index (χ4n) is 2.80. The van der Waals surface area contributed by atoms with Crippen molar-refractivity contribution in [3.8, 4) is 0 Å². The fraction of sp³-hybridized carbons (Fsp3) is 0.467. The molecule has 130 valence electrons. The van der Waals surface area contributed by atoms with Crippen LogP contribution in [-0.4, -0.2) is 36.7 Å². The molecule has 1 unspecified atom stereocenters. The summed E-state index contributed by atoms with van der Waals surface area (Å²) in [5.41, 5.74) is -0.00657. The maximum Gasteiger partial charge on any atom is 0.328 e. The van der Waals surface area contributed by atoms with Crippen molar-refractivity contribution in [1.29, 1.82) is 0 Å². The second-order valence-electron chi connectivity index (χ2n) is 6.35. The second kappa shape index (κ2) is 5.45. The number of nitrogens with zero attached hydrogens (tertiary/aromatic N) is 2. The molecular formula is C15H19N3O5S. The largest absolute Gasteiger partial charge is 0.380 e. The van der Waals surface area contributed by atoms with Crippen LogP contribution < -0.4 is 10.4 Å². The minimum absolute atomic E-state index is 0.0629. The van der Waals surface area contributed by atoms with Gasteiger partial charge in [-0.15, -0.1) is 0 Å². The van der Waals surface area contributed by atoms with Crippen LogP contribution in [0.4, 0.5) is 0 Å². The Morgan fingerprint density at radius 2 is 1.92 bits per heavy atom. The zero-order valence-corrected chi connectivity index (χ0v) is 14.5. The van der Waals surface area contributed by atoms with Crippen molar-refractivity contribution >= 4 is 27.0 Å². The predicted molar refractivity (Wildman–Crippen MR) is 87.0 cm³/mol. The lowest BCUT2D eigenvalue weighted by molar-refractivity contribution is -0.128. The van der Waals surface area contributed by atoms with Gasteiger partial charge >= 0.3 is 5.69 Å². The van der Waals surface area contributed by atoms with Gasteiger partial charge in [0.1, 0.15) is 0 Å². The molecule has 1 aliphatic rings. The molecule has 9 heteroatoms. The lowest BCUT2D eigenvalue weighted by atomic mass is 9.89. The number of imidazole rings is 1. The summed E-state index contributed by atoms with van der Waals surface area (Å²) in [5.74, 6) is -0.581. The summed E-state index contributed by atoms with van der Waals surface area (Å²) >= 11 is 0. The third-order valence-electron chi connectivity index (χ3n) is 4.55. The predicted octanol–water partition coefficient (Wildman–Crippen LogP) is 0.108. The lowest BCUT2D eigenvalue weighted by Gasteiger charge is -2.20. The van der Waals surface area contributed by atoms with Crippen LogP contribution in [0.2, 0.25) is 0 Å². The van der Waals surface area contributed by atoms with Gasteiger partial charge in [0.15, 0.2) is 0 Å². The van der Waals surface area contributed by atoms with Gasteiger partial charge in [0.25, 0.3) is 10.0 Å². The monoisotopic (exact) mass is 353 g/mol.